The minimum absolute atomic E-state index is 0.00817. The molecule has 33 heavy (non-hydrogen) atoms. The average Bonchev–Trinajstić information content (AvgIpc) is 2.86. The highest BCUT2D eigenvalue weighted by Crippen LogP contribution is 2.20. The van der Waals surface area contributed by atoms with Crippen LogP contribution >= 0.6 is 0 Å². The van der Waals surface area contributed by atoms with E-state index in [1.165, 1.54) is 6.08 Å². The van der Waals surface area contributed by atoms with Crippen molar-refractivity contribution in [1.29, 1.82) is 5.26 Å². The zero-order chi connectivity index (χ0) is 23.5. The van der Waals surface area contributed by atoms with Crippen LogP contribution in [0.5, 0.6) is 23.0 Å². The number of benzene rings is 3. The zero-order valence-corrected chi connectivity index (χ0v) is 18.4. The Morgan fingerprint density at radius 3 is 2.09 bits per heavy atom. The fourth-order valence-corrected chi connectivity index (χ4v) is 2.86. The minimum atomic E-state index is -0.488. The van der Waals surface area contributed by atoms with E-state index in [2.05, 4.69) is 5.32 Å². The molecule has 0 heterocycles. The molecule has 1 amide bonds. The molecule has 0 atom stereocenters. The van der Waals surface area contributed by atoms with Crippen LogP contribution in [0.25, 0.3) is 6.08 Å². The van der Waals surface area contributed by atoms with Gasteiger partial charge >= 0.3 is 0 Å². The molecule has 3 aromatic rings. The highest BCUT2D eigenvalue weighted by atomic mass is 16.5. The van der Waals surface area contributed by atoms with E-state index in [1.807, 2.05) is 24.3 Å². The monoisotopic (exact) mass is 444 g/mol. The Morgan fingerprint density at radius 1 is 0.848 bits per heavy atom. The van der Waals surface area contributed by atoms with Gasteiger partial charge in [-0.25, -0.2) is 0 Å². The van der Waals surface area contributed by atoms with Gasteiger partial charge in [0.15, 0.2) is 0 Å². The summed E-state index contributed by atoms with van der Waals surface area (Å²) in [5.41, 5.74) is 1.27. The maximum Gasteiger partial charge on any atom is 0.266 e. The van der Waals surface area contributed by atoms with Gasteiger partial charge in [-0.15, -0.1) is 0 Å². The summed E-state index contributed by atoms with van der Waals surface area (Å²) < 4.78 is 21.6. The van der Waals surface area contributed by atoms with Gasteiger partial charge in [0.05, 0.1) is 14.2 Å². The second kappa shape index (κ2) is 11.8. The van der Waals surface area contributed by atoms with E-state index in [9.17, 15) is 10.1 Å². The molecule has 168 valence electrons. The molecule has 0 spiro atoms. The Bertz CT molecular complexity index is 1130. The highest BCUT2D eigenvalue weighted by molar-refractivity contribution is 6.09. The molecule has 1 N–H and O–H groups in total. The molecule has 3 rings (SSSR count). The van der Waals surface area contributed by atoms with E-state index >= 15 is 0 Å². The number of carbonyl (C=O) groups excluding carboxylic acids is 1. The maximum absolute atomic E-state index is 12.4. The van der Waals surface area contributed by atoms with Crippen molar-refractivity contribution in [1.82, 2.24) is 0 Å². The van der Waals surface area contributed by atoms with Gasteiger partial charge in [0.25, 0.3) is 5.91 Å². The summed E-state index contributed by atoms with van der Waals surface area (Å²) in [7, 11) is 3.17. The topological polar surface area (TPSA) is 89.8 Å². The third kappa shape index (κ3) is 7.04. The van der Waals surface area contributed by atoms with Crippen LogP contribution in [0.4, 0.5) is 5.69 Å². The third-order valence-corrected chi connectivity index (χ3v) is 4.57. The predicted octanol–water partition coefficient (Wildman–Crippen LogP) is 4.71. The fourth-order valence-electron chi connectivity index (χ4n) is 2.86. The second-order valence-electron chi connectivity index (χ2n) is 6.80. The Labute approximate surface area is 192 Å². The number of amides is 1. The quantitative estimate of drug-likeness (QED) is 0.277. The summed E-state index contributed by atoms with van der Waals surface area (Å²) in [4.78, 5) is 12.4. The van der Waals surface area contributed by atoms with Crippen molar-refractivity contribution in [3.63, 3.8) is 0 Å². The van der Waals surface area contributed by atoms with Crippen molar-refractivity contribution in [2.45, 2.75) is 0 Å². The van der Waals surface area contributed by atoms with Crippen molar-refractivity contribution in [2.24, 2.45) is 0 Å². The lowest BCUT2D eigenvalue weighted by molar-refractivity contribution is -0.112. The van der Waals surface area contributed by atoms with E-state index in [-0.39, 0.29) is 5.57 Å². The molecular weight excluding hydrogens is 420 g/mol. The van der Waals surface area contributed by atoms with Crippen LogP contribution in [0.2, 0.25) is 0 Å². The Balaban J connectivity index is 1.51. The van der Waals surface area contributed by atoms with Gasteiger partial charge in [0.2, 0.25) is 0 Å². The van der Waals surface area contributed by atoms with Crippen LogP contribution in [-0.2, 0) is 4.79 Å². The molecule has 0 aromatic heterocycles. The average molecular weight is 444 g/mol. The predicted molar refractivity (Wildman–Crippen MR) is 126 cm³/mol. The summed E-state index contributed by atoms with van der Waals surface area (Å²) in [6, 6.07) is 23.3. The number of nitrogens with one attached hydrogen (secondary N) is 1. The first-order chi connectivity index (χ1) is 16.1. The van der Waals surface area contributed by atoms with Crippen LogP contribution in [-0.4, -0.2) is 33.3 Å². The smallest absolute Gasteiger partial charge is 0.266 e. The molecule has 3 aromatic carbocycles. The Kier molecular flexibility index (Phi) is 8.32. The first-order valence-electron chi connectivity index (χ1n) is 10.2. The van der Waals surface area contributed by atoms with Gasteiger partial charge in [0.1, 0.15) is 47.9 Å². The van der Waals surface area contributed by atoms with Crippen LogP contribution in [0.1, 0.15) is 5.56 Å². The molecular formula is C26H24N2O5. The van der Waals surface area contributed by atoms with Crippen LogP contribution < -0.4 is 24.3 Å². The molecule has 0 bridgehead atoms. The molecule has 0 aliphatic rings. The van der Waals surface area contributed by atoms with Crippen LogP contribution in [0.3, 0.4) is 0 Å². The van der Waals surface area contributed by atoms with Gasteiger partial charge in [0, 0.05) is 11.8 Å². The van der Waals surface area contributed by atoms with Gasteiger partial charge in [-0.1, -0.05) is 18.2 Å². The minimum Gasteiger partial charge on any atom is -0.497 e. The standard InChI is InChI=1S/C26H24N2O5/c1-30-22-12-8-21(9-13-22)28-26(29)20(18-27)16-19-6-10-23(11-7-19)32-14-15-33-25-5-3-4-24(17-25)31-2/h3-13,16-17H,14-15H2,1-2H3,(H,28,29)/b20-16+. The summed E-state index contributed by atoms with van der Waals surface area (Å²) in [6.45, 7) is 0.735. The number of ether oxygens (including phenoxy) is 4. The van der Waals surface area contributed by atoms with Gasteiger partial charge in [-0.2, -0.15) is 5.26 Å². The largest absolute Gasteiger partial charge is 0.497 e. The van der Waals surface area contributed by atoms with Crippen LogP contribution in [0, 0.1) is 11.3 Å². The summed E-state index contributed by atoms with van der Waals surface area (Å²) in [5, 5.41) is 12.1. The number of hydrogen-bond donors (Lipinski definition) is 1. The van der Waals surface area contributed by atoms with E-state index in [0.29, 0.717) is 41.7 Å². The van der Waals surface area contributed by atoms with E-state index in [1.54, 1.807) is 68.8 Å². The number of nitrogens with zero attached hydrogens (tertiary/aromatic N) is 1. The number of hydrogen-bond acceptors (Lipinski definition) is 6. The third-order valence-electron chi connectivity index (χ3n) is 4.57. The molecule has 0 radical (unpaired) electrons. The first-order valence-corrected chi connectivity index (χ1v) is 10.2. The number of nitriles is 1. The Morgan fingerprint density at radius 2 is 1.45 bits per heavy atom. The number of methoxy groups -OCH3 is 2. The van der Waals surface area contributed by atoms with Gasteiger partial charge in [-0.3, -0.25) is 4.79 Å². The summed E-state index contributed by atoms with van der Waals surface area (Å²) in [6.07, 6.45) is 1.52. The van der Waals surface area contributed by atoms with Crippen molar-refractivity contribution in [3.05, 3.63) is 83.9 Å². The molecule has 0 fully saturated rings. The second-order valence-corrected chi connectivity index (χ2v) is 6.80. The van der Waals surface area contributed by atoms with Crippen molar-refractivity contribution in [3.8, 4) is 29.1 Å². The molecule has 7 nitrogen and oxygen atoms in total. The molecule has 0 unspecified atom stereocenters. The lowest BCUT2D eigenvalue weighted by atomic mass is 10.1. The lowest BCUT2D eigenvalue weighted by Crippen LogP contribution is -2.13. The van der Waals surface area contributed by atoms with Crippen molar-refractivity contribution >= 4 is 17.7 Å². The lowest BCUT2D eigenvalue weighted by Gasteiger charge is -2.09. The summed E-state index contributed by atoms with van der Waals surface area (Å²) in [5.74, 6) is 2.28. The normalized spacial score (nSPS) is 10.6. The first kappa shape index (κ1) is 23.2. The van der Waals surface area contributed by atoms with E-state index in [0.717, 1.165) is 5.75 Å². The molecule has 7 heteroatoms. The Hall–Kier alpha value is -4.44. The summed E-state index contributed by atoms with van der Waals surface area (Å²) >= 11 is 0. The van der Waals surface area contributed by atoms with Gasteiger partial charge in [-0.05, 0) is 60.2 Å². The zero-order valence-electron chi connectivity index (χ0n) is 18.4. The maximum atomic E-state index is 12.4. The molecule has 0 aliphatic carbocycles. The molecule has 0 aliphatic heterocycles. The SMILES string of the molecule is COc1ccc(NC(=O)/C(C#N)=C/c2ccc(OCCOc3cccc(OC)c3)cc2)cc1. The number of carbonyl (C=O) groups is 1. The van der Waals surface area contributed by atoms with E-state index in [4.69, 9.17) is 18.9 Å². The number of rotatable bonds is 10. The van der Waals surface area contributed by atoms with Crippen molar-refractivity contribution < 1.29 is 23.7 Å². The fraction of sp³-hybridized carbons (Fsp3) is 0.154. The van der Waals surface area contributed by atoms with Crippen LogP contribution in [0.15, 0.2) is 78.4 Å². The molecule has 0 saturated heterocycles. The molecule has 0 saturated carbocycles. The number of anilines is 1. The van der Waals surface area contributed by atoms with Crippen molar-refractivity contribution in [2.75, 3.05) is 32.8 Å². The van der Waals surface area contributed by atoms with Gasteiger partial charge < -0.3 is 24.3 Å². The van der Waals surface area contributed by atoms with E-state index < -0.39 is 5.91 Å². The highest BCUT2D eigenvalue weighted by Gasteiger charge is 2.10.